The smallest absolute Gasteiger partial charge is 0.135 e. The molecule has 0 bridgehead atoms. The first-order valence-corrected chi connectivity index (χ1v) is 14.6. The Hall–Kier alpha value is -3.52. The van der Waals surface area contributed by atoms with E-state index in [1.165, 1.54) is 12.0 Å². The number of hydrogen-bond acceptors (Lipinski definition) is 2. The summed E-state index contributed by atoms with van der Waals surface area (Å²) in [6.07, 6.45) is 1.13. The second-order valence-corrected chi connectivity index (χ2v) is 9.96. The summed E-state index contributed by atoms with van der Waals surface area (Å²) in [4.78, 5) is 0. The molecule has 0 saturated carbocycles. The molecule has 208 valence electrons. The molecule has 2 unspecified atom stereocenters. The fraction of sp³-hybridized carbons (Fsp3) is 0.351. The first kappa shape index (κ1) is 31.7. The zero-order chi connectivity index (χ0) is 28.6. The third-order valence-corrected chi connectivity index (χ3v) is 6.39. The van der Waals surface area contributed by atoms with Crippen LogP contribution in [0, 0.1) is 5.92 Å². The van der Waals surface area contributed by atoms with Gasteiger partial charge in [0.15, 0.2) is 0 Å². The molecule has 2 heteroatoms. The average Bonchev–Trinajstić information content (AvgIpc) is 2.98. The van der Waals surface area contributed by atoms with E-state index in [2.05, 4.69) is 133 Å². The molecule has 4 aromatic rings. The Kier molecular flexibility index (Phi) is 13.9. The Morgan fingerprint density at radius 3 is 1.49 bits per heavy atom. The predicted molar refractivity (Wildman–Crippen MR) is 170 cm³/mol. The van der Waals surface area contributed by atoms with Gasteiger partial charge >= 0.3 is 0 Å². The fourth-order valence-corrected chi connectivity index (χ4v) is 4.06. The lowest BCUT2D eigenvalue weighted by Crippen LogP contribution is -2.21. The van der Waals surface area contributed by atoms with Gasteiger partial charge in [-0.2, -0.15) is 0 Å². The van der Waals surface area contributed by atoms with E-state index in [4.69, 9.17) is 9.47 Å². The van der Waals surface area contributed by atoms with Gasteiger partial charge in [0.05, 0.1) is 0 Å². The Labute approximate surface area is 238 Å². The average molecular weight is 525 g/mol. The van der Waals surface area contributed by atoms with Crippen molar-refractivity contribution in [3.63, 3.8) is 0 Å². The molecule has 0 radical (unpaired) electrons. The molecule has 39 heavy (non-hydrogen) atoms. The van der Waals surface area contributed by atoms with Gasteiger partial charge in [-0.05, 0) is 47.6 Å². The molecule has 4 aromatic carbocycles. The minimum absolute atomic E-state index is 0.124. The van der Waals surface area contributed by atoms with Crippen molar-refractivity contribution in [2.45, 2.75) is 73.8 Å². The molecular weight excluding hydrogens is 476 g/mol. The molecule has 0 heterocycles. The standard InChI is InChI=1S/C32H34O2.C3H8.C2H6/c1-23(2)25(4)26-18-20-29(21-19-26)33-22-24(3)34-32-30(27-12-7-5-8-13-27)16-11-17-31(32)28-14-9-6-10-15-28;1-3-2;1-2/h5-21,23-25H,22H2,1-4H3;3H2,1-2H3;1-2H3. The van der Waals surface area contributed by atoms with Crippen molar-refractivity contribution in [2.24, 2.45) is 5.92 Å². The SMILES string of the molecule is CC.CC(COc1ccc(C(C)C(C)C)cc1)Oc1c(-c2ccccc2)cccc1-c1ccccc1.CCC. The quantitative estimate of drug-likeness (QED) is 0.217. The maximum atomic E-state index is 6.58. The number of benzene rings is 4. The Morgan fingerprint density at radius 1 is 0.590 bits per heavy atom. The molecule has 0 saturated heterocycles. The minimum atomic E-state index is -0.124. The molecule has 0 aliphatic rings. The molecular formula is C37H48O2. The van der Waals surface area contributed by atoms with E-state index in [0.717, 1.165) is 33.8 Å². The molecule has 0 fully saturated rings. The molecule has 0 aliphatic heterocycles. The molecule has 0 aliphatic carbocycles. The molecule has 4 rings (SSSR count). The maximum Gasteiger partial charge on any atom is 0.135 e. The monoisotopic (exact) mass is 524 g/mol. The van der Waals surface area contributed by atoms with Crippen molar-refractivity contribution in [1.29, 1.82) is 0 Å². The highest BCUT2D eigenvalue weighted by atomic mass is 16.5. The molecule has 0 spiro atoms. The van der Waals surface area contributed by atoms with Crippen LogP contribution in [0.1, 0.15) is 73.3 Å². The lowest BCUT2D eigenvalue weighted by atomic mass is 9.90. The normalized spacial score (nSPS) is 11.8. The van der Waals surface area contributed by atoms with Gasteiger partial charge in [0.2, 0.25) is 0 Å². The lowest BCUT2D eigenvalue weighted by Gasteiger charge is -2.21. The Bertz CT molecular complexity index is 1120. The predicted octanol–water partition coefficient (Wildman–Crippen LogP) is 11.1. The van der Waals surface area contributed by atoms with Crippen molar-refractivity contribution in [3.8, 4) is 33.8 Å². The van der Waals surface area contributed by atoms with Crippen LogP contribution >= 0.6 is 0 Å². The third-order valence-electron chi connectivity index (χ3n) is 6.39. The van der Waals surface area contributed by atoms with Gasteiger partial charge in [-0.15, -0.1) is 0 Å². The highest BCUT2D eigenvalue weighted by Crippen LogP contribution is 2.39. The zero-order valence-electron chi connectivity index (χ0n) is 25.3. The van der Waals surface area contributed by atoms with E-state index in [1.807, 2.05) is 26.0 Å². The van der Waals surface area contributed by atoms with Crippen molar-refractivity contribution in [3.05, 3.63) is 109 Å². The van der Waals surface area contributed by atoms with E-state index in [0.29, 0.717) is 18.4 Å². The van der Waals surface area contributed by atoms with Gasteiger partial charge < -0.3 is 9.47 Å². The van der Waals surface area contributed by atoms with Gasteiger partial charge in [-0.1, -0.05) is 146 Å². The van der Waals surface area contributed by atoms with Crippen LogP contribution in [0.25, 0.3) is 22.3 Å². The molecule has 2 atom stereocenters. The van der Waals surface area contributed by atoms with Crippen LogP contribution in [-0.2, 0) is 0 Å². The molecule has 0 N–H and O–H groups in total. The van der Waals surface area contributed by atoms with Crippen LogP contribution in [-0.4, -0.2) is 12.7 Å². The van der Waals surface area contributed by atoms with Crippen molar-refractivity contribution in [2.75, 3.05) is 6.61 Å². The summed E-state index contributed by atoms with van der Waals surface area (Å²) in [7, 11) is 0. The van der Waals surface area contributed by atoms with Crippen LogP contribution in [0.5, 0.6) is 11.5 Å². The largest absolute Gasteiger partial charge is 0.490 e. The van der Waals surface area contributed by atoms with Crippen LogP contribution < -0.4 is 9.47 Å². The number of para-hydroxylation sites is 1. The van der Waals surface area contributed by atoms with Crippen LogP contribution in [0.2, 0.25) is 0 Å². The van der Waals surface area contributed by atoms with Crippen LogP contribution in [0.15, 0.2) is 103 Å². The maximum absolute atomic E-state index is 6.58. The summed E-state index contributed by atoms with van der Waals surface area (Å²) in [6, 6.07) is 35.6. The first-order chi connectivity index (χ1) is 18.9. The van der Waals surface area contributed by atoms with Gasteiger partial charge in [0.25, 0.3) is 0 Å². The fourth-order valence-electron chi connectivity index (χ4n) is 4.06. The zero-order valence-corrected chi connectivity index (χ0v) is 25.3. The highest BCUT2D eigenvalue weighted by Gasteiger charge is 2.17. The summed E-state index contributed by atoms with van der Waals surface area (Å²) in [5.74, 6) is 2.90. The van der Waals surface area contributed by atoms with E-state index in [-0.39, 0.29) is 6.10 Å². The van der Waals surface area contributed by atoms with E-state index < -0.39 is 0 Å². The summed E-state index contributed by atoms with van der Waals surface area (Å²) in [5.41, 5.74) is 5.79. The van der Waals surface area contributed by atoms with Crippen molar-refractivity contribution < 1.29 is 9.47 Å². The Morgan fingerprint density at radius 2 is 1.05 bits per heavy atom. The van der Waals surface area contributed by atoms with Gasteiger partial charge in [0.1, 0.15) is 24.2 Å². The van der Waals surface area contributed by atoms with Gasteiger partial charge in [-0.25, -0.2) is 0 Å². The number of rotatable bonds is 9. The summed E-state index contributed by atoms with van der Waals surface area (Å²) in [6.45, 7) is 17.6. The van der Waals surface area contributed by atoms with Crippen LogP contribution in [0.4, 0.5) is 0 Å². The number of ether oxygens (including phenoxy) is 2. The summed E-state index contributed by atoms with van der Waals surface area (Å²) in [5, 5.41) is 0. The Balaban J connectivity index is 0.000000998. The second kappa shape index (κ2) is 17.1. The summed E-state index contributed by atoms with van der Waals surface area (Å²) < 4.78 is 12.7. The third kappa shape index (κ3) is 9.62. The molecule has 0 amide bonds. The lowest BCUT2D eigenvalue weighted by molar-refractivity contribution is 0.144. The van der Waals surface area contributed by atoms with E-state index in [9.17, 15) is 0 Å². The topological polar surface area (TPSA) is 18.5 Å². The van der Waals surface area contributed by atoms with Crippen molar-refractivity contribution in [1.82, 2.24) is 0 Å². The minimum Gasteiger partial charge on any atom is -0.490 e. The molecule has 0 aromatic heterocycles. The van der Waals surface area contributed by atoms with Gasteiger partial charge in [-0.3, -0.25) is 0 Å². The molecule has 2 nitrogen and oxygen atoms in total. The van der Waals surface area contributed by atoms with Crippen LogP contribution in [0.3, 0.4) is 0 Å². The number of hydrogen-bond donors (Lipinski definition) is 0. The first-order valence-electron chi connectivity index (χ1n) is 14.6. The van der Waals surface area contributed by atoms with E-state index in [1.54, 1.807) is 0 Å². The highest BCUT2D eigenvalue weighted by molar-refractivity contribution is 5.82. The van der Waals surface area contributed by atoms with E-state index >= 15 is 0 Å². The van der Waals surface area contributed by atoms with Gasteiger partial charge in [0, 0.05) is 11.1 Å². The van der Waals surface area contributed by atoms with Crippen molar-refractivity contribution >= 4 is 0 Å². The summed E-state index contributed by atoms with van der Waals surface area (Å²) >= 11 is 0. The second-order valence-electron chi connectivity index (χ2n) is 9.96.